The number of carbonyl (C=O) groups is 1. The lowest BCUT2D eigenvalue weighted by Crippen LogP contribution is -2.21. The van der Waals surface area contributed by atoms with Crippen molar-refractivity contribution in [3.8, 4) is 5.75 Å². The van der Waals surface area contributed by atoms with Crippen LogP contribution in [0.15, 0.2) is 48.6 Å². The van der Waals surface area contributed by atoms with Crippen molar-refractivity contribution in [2.45, 2.75) is 50.4 Å². The summed E-state index contributed by atoms with van der Waals surface area (Å²) < 4.78 is 10.7. The quantitative estimate of drug-likeness (QED) is 0.0758. The molecule has 0 saturated heterocycles. The number of rotatable bonds is 18. The summed E-state index contributed by atoms with van der Waals surface area (Å²) in [7, 11) is 0. The monoisotopic (exact) mass is 575 g/mol. The number of benzene rings is 1. The molecule has 214 valence electrons. The smallest absolute Gasteiger partial charge is 0.305 e. The van der Waals surface area contributed by atoms with Gasteiger partial charge in [-0.1, -0.05) is 42.0 Å². The standard InChI is InChI=1S/C26H38ClNO9S/c27-19-6-5-7-21(16-19)36-18-20(29)10-11-23-22(24(30)17-25(23)31)8-3-1-2-4-9-26(32)35-12-14-38-15-13-37-28(33)34/h1,3,5-7,10-11,16,20,22-25,29-31,33-34H,2,4,8-9,12-15,17-18H2/b3-1-,11-10+/t20-,22-,23-,24+,25-/m1/s1. The minimum absolute atomic E-state index is 0.0388. The number of ether oxygens (including phenoxy) is 2. The van der Waals surface area contributed by atoms with Gasteiger partial charge in [-0.3, -0.25) is 15.2 Å². The Kier molecular flexibility index (Phi) is 15.9. The number of carbonyl (C=O) groups excluding carboxylic acids is 1. The first-order valence-electron chi connectivity index (χ1n) is 12.6. The van der Waals surface area contributed by atoms with E-state index in [4.69, 9.17) is 31.5 Å². The van der Waals surface area contributed by atoms with Gasteiger partial charge in [-0.25, -0.2) is 4.84 Å². The van der Waals surface area contributed by atoms with Gasteiger partial charge in [-0.2, -0.15) is 11.8 Å². The lowest BCUT2D eigenvalue weighted by Gasteiger charge is -2.19. The minimum atomic E-state index is -0.874. The first kappa shape index (κ1) is 32.5. The van der Waals surface area contributed by atoms with E-state index in [0.29, 0.717) is 48.0 Å². The highest BCUT2D eigenvalue weighted by molar-refractivity contribution is 7.99. The molecule has 0 heterocycles. The van der Waals surface area contributed by atoms with Crippen LogP contribution in [0.1, 0.15) is 32.1 Å². The second-order valence-corrected chi connectivity index (χ2v) is 10.5. The van der Waals surface area contributed by atoms with E-state index in [1.54, 1.807) is 36.4 Å². The molecule has 1 aromatic carbocycles. The molecule has 0 aromatic heterocycles. The van der Waals surface area contributed by atoms with E-state index in [2.05, 4.69) is 4.84 Å². The van der Waals surface area contributed by atoms with Crippen molar-refractivity contribution in [1.29, 1.82) is 0 Å². The van der Waals surface area contributed by atoms with E-state index >= 15 is 0 Å². The lowest BCUT2D eigenvalue weighted by molar-refractivity contribution is -0.490. The molecule has 1 aromatic rings. The van der Waals surface area contributed by atoms with Gasteiger partial charge < -0.3 is 24.8 Å². The zero-order valence-electron chi connectivity index (χ0n) is 21.2. The van der Waals surface area contributed by atoms with Crippen molar-refractivity contribution in [3.05, 3.63) is 53.6 Å². The summed E-state index contributed by atoms with van der Waals surface area (Å²) in [5.41, 5.74) is 0. The molecule has 38 heavy (non-hydrogen) atoms. The Morgan fingerprint density at radius 3 is 2.74 bits per heavy atom. The molecule has 0 amide bonds. The summed E-state index contributed by atoms with van der Waals surface area (Å²) in [5.74, 6) is 0.929. The molecule has 1 fully saturated rings. The van der Waals surface area contributed by atoms with Crippen LogP contribution in [0, 0.1) is 11.8 Å². The maximum absolute atomic E-state index is 11.8. The number of esters is 1. The molecule has 2 rings (SSSR count). The Balaban J connectivity index is 1.63. The number of nitrogens with zero attached hydrogens (tertiary/aromatic N) is 1. The van der Waals surface area contributed by atoms with Crippen LogP contribution in [0.5, 0.6) is 5.75 Å². The van der Waals surface area contributed by atoms with E-state index < -0.39 is 18.3 Å². The summed E-state index contributed by atoms with van der Waals surface area (Å²) >= 11 is 7.39. The van der Waals surface area contributed by atoms with E-state index in [1.165, 1.54) is 11.8 Å². The number of allylic oxidation sites excluding steroid dienone is 2. The number of hydrogen-bond acceptors (Lipinski definition) is 11. The maximum atomic E-state index is 11.8. The molecule has 0 bridgehead atoms. The minimum Gasteiger partial charge on any atom is -0.491 e. The summed E-state index contributed by atoms with van der Waals surface area (Å²) in [6.45, 7) is 0.449. The average Bonchev–Trinajstić information content (AvgIpc) is 3.14. The average molecular weight is 576 g/mol. The van der Waals surface area contributed by atoms with Gasteiger partial charge >= 0.3 is 5.97 Å². The number of hydrogen-bond donors (Lipinski definition) is 5. The summed E-state index contributed by atoms with van der Waals surface area (Å²) in [6, 6.07) is 6.90. The molecule has 1 aliphatic carbocycles. The van der Waals surface area contributed by atoms with Crippen LogP contribution in [-0.2, 0) is 14.4 Å². The molecular formula is C26H38ClNO9S. The van der Waals surface area contributed by atoms with Gasteiger partial charge in [0.1, 0.15) is 25.1 Å². The largest absolute Gasteiger partial charge is 0.491 e. The lowest BCUT2D eigenvalue weighted by atomic mass is 9.89. The van der Waals surface area contributed by atoms with Crippen LogP contribution in [0.4, 0.5) is 0 Å². The molecule has 0 unspecified atom stereocenters. The third-order valence-electron chi connectivity index (χ3n) is 5.94. The Morgan fingerprint density at radius 2 is 1.97 bits per heavy atom. The Bertz CT molecular complexity index is 873. The van der Waals surface area contributed by atoms with Crippen LogP contribution in [0.25, 0.3) is 0 Å². The van der Waals surface area contributed by atoms with Gasteiger partial charge in [0.2, 0.25) is 0 Å². The second kappa shape index (κ2) is 18.6. The predicted octanol–water partition coefficient (Wildman–Crippen LogP) is 3.40. The van der Waals surface area contributed by atoms with E-state index in [9.17, 15) is 20.1 Å². The SMILES string of the molecule is O=C(CCC/C=C\C[C@@H]1[C@@H](/C=C/[C@@H](O)COc2cccc(Cl)c2)[C@H](O)C[C@@H]1O)OCCSCCON(O)O. The Morgan fingerprint density at radius 1 is 1.18 bits per heavy atom. The van der Waals surface area contributed by atoms with Gasteiger partial charge in [-0.15, -0.1) is 0 Å². The third-order valence-corrected chi connectivity index (χ3v) is 7.09. The normalized spacial score (nSPS) is 22.5. The van der Waals surface area contributed by atoms with Crippen molar-refractivity contribution in [2.24, 2.45) is 11.8 Å². The van der Waals surface area contributed by atoms with Gasteiger partial charge in [0.25, 0.3) is 0 Å². The second-order valence-electron chi connectivity index (χ2n) is 8.85. The Labute approximate surface area is 232 Å². The number of thioether (sulfide) groups is 1. The molecule has 1 saturated carbocycles. The number of aliphatic hydroxyl groups excluding tert-OH is 3. The Hall–Kier alpha value is -1.67. The van der Waals surface area contributed by atoms with Crippen molar-refractivity contribution < 1.29 is 44.8 Å². The molecule has 5 atom stereocenters. The van der Waals surface area contributed by atoms with Crippen LogP contribution >= 0.6 is 23.4 Å². The van der Waals surface area contributed by atoms with E-state index in [1.807, 2.05) is 12.2 Å². The fourth-order valence-electron chi connectivity index (χ4n) is 4.06. The first-order chi connectivity index (χ1) is 18.3. The number of aliphatic hydroxyl groups is 3. The van der Waals surface area contributed by atoms with E-state index in [0.717, 1.165) is 0 Å². The van der Waals surface area contributed by atoms with Crippen molar-refractivity contribution in [2.75, 3.05) is 31.3 Å². The molecule has 12 heteroatoms. The maximum Gasteiger partial charge on any atom is 0.305 e. The molecule has 10 nitrogen and oxygen atoms in total. The van der Waals surface area contributed by atoms with Gasteiger partial charge in [0, 0.05) is 35.3 Å². The van der Waals surface area contributed by atoms with Crippen LogP contribution < -0.4 is 4.74 Å². The topological polar surface area (TPSA) is 149 Å². The summed E-state index contributed by atoms with van der Waals surface area (Å²) in [4.78, 5) is 16.2. The summed E-state index contributed by atoms with van der Waals surface area (Å²) in [6.07, 6.45) is 7.50. The zero-order chi connectivity index (χ0) is 27.8. The number of halogens is 1. The van der Waals surface area contributed by atoms with Crippen LogP contribution in [0.3, 0.4) is 0 Å². The highest BCUT2D eigenvalue weighted by Gasteiger charge is 2.39. The molecule has 0 aliphatic heterocycles. The first-order valence-corrected chi connectivity index (χ1v) is 14.1. The van der Waals surface area contributed by atoms with Crippen LogP contribution in [-0.4, -0.2) is 86.7 Å². The molecular weight excluding hydrogens is 538 g/mol. The van der Waals surface area contributed by atoms with E-state index in [-0.39, 0.29) is 49.4 Å². The zero-order valence-corrected chi connectivity index (χ0v) is 22.8. The highest BCUT2D eigenvalue weighted by Crippen LogP contribution is 2.36. The molecule has 1 aliphatic rings. The highest BCUT2D eigenvalue weighted by atomic mass is 35.5. The van der Waals surface area contributed by atoms with Crippen molar-refractivity contribution >= 4 is 29.3 Å². The summed E-state index contributed by atoms with van der Waals surface area (Å²) in [5, 5.41) is 48.0. The van der Waals surface area contributed by atoms with Gasteiger partial charge in [0.05, 0.1) is 24.2 Å². The van der Waals surface area contributed by atoms with Crippen molar-refractivity contribution in [1.82, 2.24) is 5.39 Å². The fraction of sp³-hybridized carbons (Fsp3) is 0.577. The molecule has 0 spiro atoms. The van der Waals surface area contributed by atoms with Crippen molar-refractivity contribution in [3.63, 3.8) is 0 Å². The number of unbranched alkanes of at least 4 members (excludes halogenated alkanes) is 1. The van der Waals surface area contributed by atoms with Crippen LogP contribution in [0.2, 0.25) is 5.02 Å². The predicted molar refractivity (Wildman–Crippen MR) is 143 cm³/mol. The molecule has 5 N–H and O–H groups in total. The fourth-order valence-corrected chi connectivity index (χ4v) is 4.84. The molecule has 0 radical (unpaired) electrons. The van der Waals surface area contributed by atoms with Gasteiger partial charge in [-0.05, 0) is 43.4 Å². The third kappa shape index (κ3) is 13.4. The van der Waals surface area contributed by atoms with Gasteiger partial charge in [0.15, 0.2) is 0 Å².